The lowest BCUT2D eigenvalue weighted by atomic mass is 9.82. The van der Waals surface area contributed by atoms with E-state index in [0.29, 0.717) is 0 Å². The molecule has 166 valence electrons. The number of rotatable bonds is 3. The molecule has 34 heavy (non-hydrogen) atoms. The van der Waals surface area contributed by atoms with Crippen molar-refractivity contribution in [2.75, 3.05) is 4.90 Å². The van der Waals surface area contributed by atoms with Crippen molar-refractivity contribution in [3.63, 3.8) is 0 Å². The Hall–Kier alpha value is -3.55. The van der Waals surface area contributed by atoms with Gasteiger partial charge in [-0.3, -0.25) is 4.99 Å². The van der Waals surface area contributed by atoms with Gasteiger partial charge in [0.2, 0.25) is 0 Å². The number of anilines is 1. The van der Waals surface area contributed by atoms with Gasteiger partial charge in [-0.2, -0.15) is 5.26 Å². The fraction of sp³-hybridized carbons (Fsp3) is 0.200. The van der Waals surface area contributed by atoms with Crippen LogP contribution >= 0.6 is 11.8 Å². The molecule has 0 saturated heterocycles. The smallest absolute Gasteiger partial charge is 0.0970 e. The molecule has 2 aliphatic carbocycles. The van der Waals surface area contributed by atoms with Crippen LogP contribution in [0.5, 0.6) is 0 Å². The standard InChI is InChI=1S/C30H25N3S/c31-20-21-10-9-19-32-30(21)24-13-2-1-11-22(24)23-12-3-4-14-25(23)33-26-15-5-7-17-28(26)34-29-18-8-6-16-27(29)33/h1-5,7-8,11-15,17-19,23,25H,6,9-10,16H2. The Morgan fingerprint density at radius 3 is 2.76 bits per heavy atom. The molecular formula is C30H25N3S. The Morgan fingerprint density at radius 1 is 0.971 bits per heavy atom. The predicted molar refractivity (Wildman–Crippen MR) is 142 cm³/mol. The second kappa shape index (κ2) is 9.00. The normalized spacial score (nSPS) is 23.1. The Labute approximate surface area is 205 Å². The maximum atomic E-state index is 9.79. The molecule has 0 fully saturated rings. The summed E-state index contributed by atoms with van der Waals surface area (Å²) in [5.41, 5.74) is 6.60. The number of aliphatic imine (C=N–C) groups is 1. The highest BCUT2D eigenvalue weighted by molar-refractivity contribution is 8.03. The summed E-state index contributed by atoms with van der Waals surface area (Å²) in [4.78, 5) is 9.92. The lowest BCUT2D eigenvalue weighted by Crippen LogP contribution is -2.40. The summed E-state index contributed by atoms with van der Waals surface area (Å²) in [7, 11) is 0. The van der Waals surface area contributed by atoms with Gasteiger partial charge in [-0.25, -0.2) is 0 Å². The molecule has 0 radical (unpaired) electrons. The second-order valence-electron chi connectivity index (χ2n) is 8.85. The van der Waals surface area contributed by atoms with E-state index in [-0.39, 0.29) is 12.0 Å². The molecular weight excluding hydrogens is 434 g/mol. The summed E-state index contributed by atoms with van der Waals surface area (Å²) in [6.07, 6.45) is 19.2. The van der Waals surface area contributed by atoms with Crippen LogP contribution < -0.4 is 4.90 Å². The van der Waals surface area contributed by atoms with E-state index in [1.165, 1.54) is 26.7 Å². The van der Waals surface area contributed by atoms with Crippen molar-refractivity contribution in [3.8, 4) is 6.07 Å². The molecule has 0 N–H and O–H groups in total. The predicted octanol–water partition coefficient (Wildman–Crippen LogP) is 7.54. The van der Waals surface area contributed by atoms with Crippen molar-refractivity contribution in [1.29, 1.82) is 5.26 Å². The second-order valence-corrected chi connectivity index (χ2v) is 9.94. The Morgan fingerprint density at radius 2 is 1.82 bits per heavy atom. The molecule has 0 amide bonds. The minimum absolute atomic E-state index is 0.140. The summed E-state index contributed by atoms with van der Waals surface area (Å²) in [6, 6.07) is 19.8. The van der Waals surface area contributed by atoms with Gasteiger partial charge in [0.15, 0.2) is 0 Å². The quantitative estimate of drug-likeness (QED) is 0.476. The zero-order valence-electron chi connectivity index (χ0n) is 18.9. The van der Waals surface area contributed by atoms with Gasteiger partial charge >= 0.3 is 0 Å². The Kier molecular flexibility index (Phi) is 5.57. The van der Waals surface area contributed by atoms with E-state index >= 15 is 0 Å². The fourth-order valence-corrected chi connectivity index (χ4v) is 6.48. The van der Waals surface area contributed by atoms with E-state index in [2.05, 4.69) is 96.0 Å². The third kappa shape index (κ3) is 3.57. The lowest BCUT2D eigenvalue weighted by Gasteiger charge is -2.43. The van der Waals surface area contributed by atoms with Crippen molar-refractivity contribution >= 4 is 29.4 Å². The Balaban J connectivity index is 1.50. The van der Waals surface area contributed by atoms with E-state index in [4.69, 9.17) is 4.99 Å². The van der Waals surface area contributed by atoms with Crippen LogP contribution in [0, 0.1) is 11.3 Å². The van der Waals surface area contributed by atoms with Crippen LogP contribution in [0.2, 0.25) is 0 Å². The largest absolute Gasteiger partial charge is 0.335 e. The zero-order valence-corrected chi connectivity index (χ0v) is 19.7. The maximum Gasteiger partial charge on any atom is 0.0970 e. The highest BCUT2D eigenvalue weighted by atomic mass is 32.2. The third-order valence-corrected chi connectivity index (χ3v) is 8.04. The molecule has 4 aliphatic rings. The van der Waals surface area contributed by atoms with E-state index < -0.39 is 0 Å². The van der Waals surface area contributed by atoms with Crippen LogP contribution in [0.1, 0.15) is 42.7 Å². The van der Waals surface area contributed by atoms with Crippen LogP contribution in [-0.2, 0) is 0 Å². The van der Waals surface area contributed by atoms with Crippen molar-refractivity contribution in [3.05, 3.63) is 112 Å². The summed E-state index contributed by atoms with van der Waals surface area (Å²) in [6.45, 7) is 0. The monoisotopic (exact) mass is 459 g/mol. The SMILES string of the molecule is N#CC1=C(c2ccccc2C2C=CC=CC2N2C3=C(C=CCC3)Sc3ccccc32)N=CCC1. The molecule has 2 atom stereocenters. The molecule has 6 rings (SSSR count). The first-order valence-electron chi connectivity index (χ1n) is 11.9. The Bertz CT molecular complexity index is 1370. The summed E-state index contributed by atoms with van der Waals surface area (Å²) < 4.78 is 0. The van der Waals surface area contributed by atoms with Gasteiger partial charge in [0, 0.05) is 33.2 Å². The van der Waals surface area contributed by atoms with Gasteiger partial charge < -0.3 is 4.90 Å². The van der Waals surface area contributed by atoms with E-state index in [9.17, 15) is 5.26 Å². The van der Waals surface area contributed by atoms with Gasteiger partial charge in [-0.05, 0) is 43.4 Å². The van der Waals surface area contributed by atoms with Crippen LogP contribution in [0.25, 0.3) is 5.70 Å². The number of allylic oxidation sites excluding steroid dienone is 6. The molecule has 2 aromatic carbocycles. The first kappa shape index (κ1) is 21.0. The third-order valence-electron chi connectivity index (χ3n) is 6.88. The van der Waals surface area contributed by atoms with Crippen LogP contribution in [-0.4, -0.2) is 12.3 Å². The summed E-state index contributed by atoms with van der Waals surface area (Å²) >= 11 is 1.88. The van der Waals surface area contributed by atoms with E-state index in [1.807, 2.05) is 18.0 Å². The molecule has 4 heteroatoms. The molecule has 3 nitrogen and oxygen atoms in total. The minimum atomic E-state index is 0.140. The highest BCUT2D eigenvalue weighted by Gasteiger charge is 2.35. The molecule has 0 bridgehead atoms. The molecule has 2 heterocycles. The average molecular weight is 460 g/mol. The van der Waals surface area contributed by atoms with Gasteiger partial charge in [-0.1, -0.05) is 84.6 Å². The van der Waals surface area contributed by atoms with Crippen molar-refractivity contribution < 1.29 is 0 Å². The van der Waals surface area contributed by atoms with Crippen LogP contribution in [0.4, 0.5) is 5.69 Å². The molecule has 0 spiro atoms. The fourth-order valence-electron chi connectivity index (χ4n) is 5.34. The number of para-hydroxylation sites is 1. The van der Waals surface area contributed by atoms with Crippen LogP contribution in [0.3, 0.4) is 0 Å². The van der Waals surface area contributed by atoms with Crippen LogP contribution in [0.15, 0.2) is 111 Å². The van der Waals surface area contributed by atoms with Crippen molar-refractivity contribution in [2.24, 2.45) is 4.99 Å². The van der Waals surface area contributed by atoms with Gasteiger partial charge in [0.25, 0.3) is 0 Å². The number of hydrogen-bond donors (Lipinski definition) is 0. The zero-order chi connectivity index (χ0) is 22.9. The molecule has 0 aromatic heterocycles. The van der Waals surface area contributed by atoms with Gasteiger partial charge in [0.05, 0.1) is 29.1 Å². The van der Waals surface area contributed by atoms with Crippen molar-refractivity contribution in [1.82, 2.24) is 0 Å². The van der Waals surface area contributed by atoms with Crippen molar-refractivity contribution in [2.45, 2.75) is 42.5 Å². The number of benzene rings is 2. The highest BCUT2D eigenvalue weighted by Crippen LogP contribution is 2.49. The average Bonchev–Trinajstić information content (AvgIpc) is 2.91. The minimum Gasteiger partial charge on any atom is -0.335 e. The molecule has 2 aromatic rings. The topological polar surface area (TPSA) is 39.4 Å². The first-order valence-corrected chi connectivity index (χ1v) is 12.7. The number of fused-ring (bicyclic) bond motifs is 1. The molecule has 2 aliphatic heterocycles. The van der Waals surface area contributed by atoms with E-state index in [0.717, 1.165) is 42.5 Å². The number of nitrogens with zero attached hydrogens (tertiary/aromatic N) is 3. The lowest BCUT2D eigenvalue weighted by molar-refractivity contribution is 0.645. The summed E-state index contributed by atoms with van der Waals surface area (Å²) in [5, 5.41) is 9.79. The number of nitriles is 1. The molecule has 2 unspecified atom stereocenters. The summed E-state index contributed by atoms with van der Waals surface area (Å²) in [5.74, 6) is 0.140. The number of thioether (sulfide) groups is 1. The van der Waals surface area contributed by atoms with Gasteiger partial charge in [-0.15, -0.1) is 0 Å². The van der Waals surface area contributed by atoms with Gasteiger partial charge in [0.1, 0.15) is 0 Å². The first-order chi connectivity index (χ1) is 16.8. The number of hydrogen-bond acceptors (Lipinski definition) is 4. The van der Waals surface area contributed by atoms with E-state index in [1.54, 1.807) is 0 Å². The molecule has 0 saturated carbocycles. The maximum absolute atomic E-state index is 9.79.